The first kappa shape index (κ1) is 24.6. The van der Waals surface area contributed by atoms with E-state index >= 15 is 0 Å². The molecule has 166 valence electrons. The molecule has 0 radical (unpaired) electrons. The largest absolute Gasteiger partial charge is 0.255 e. The summed E-state index contributed by atoms with van der Waals surface area (Å²) in [4.78, 5) is 9.27. The Kier molecular flexibility index (Phi) is 11.7. The minimum Gasteiger partial charge on any atom is -0.255 e. The molecule has 0 N–H and O–H groups in total. The zero-order valence-corrected chi connectivity index (χ0v) is 20.0. The molecular weight excluding hydrogens is 364 g/mol. The van der Waals surface area contributed by atoms with Gasteiger partial charge in [-0.25, -0.2) is 0 Å². The van der Waals surface area contributed by atoms with Gasteiger partial charge in [0, 0.05) is 12.4 Å². The highest BCUT2D eigenvalue weighted by atomic mass is 14.8. The van der Waals surface area contributed by atoms with Crippen molar-refractivity contribution < 1.29 is 0 Å². The van der Waals surface area contributed by atoms with Crippen molar-refractivity contribution in [3.63, 3.8) is 0 Å². The van der Waals surface area contributed by atoms with E-state index in [-0.39, 0.29) is 0 Å². The van der Waals surface area contributed by atoms with Gasteiger partial charge in [-0.3, -0.25) is 9.97 Å². The molecule has 0 aliphatic heterocycles. The van der Waals surface area contributed by atoms with Crippen molar-refractivity contribution >= 4 is 0 Å². The predicted molar refractivity (Wildman–Crippen MR) is 131 cm³/mol. The van der Waals surface area contributed by atoms with E-state index in [4.69, 9.17) is 0 Å². The summed E-state index contributed by atoms with van der Waals surface area (Å²) >= 11 is 0. The van der Waals surface area contributed by atoms with Gasteiger partial charge in [-0.2, -0.15) is 0 Å². The van der Waals surface area contributed by atoms with Gasteiger partial charge < -0.3 is 0 Å². The zero-order valence-electron chi connectivity index (χ0n) is 20.0. The van der Waals surface area contributed by atoms with Crippen LogP contribution in [0.3, 0.4) is 0 Å². The average molecular weight is 409 g/mol. The highest BCUT2D eigenvalue weighted by Crippen LogP contribution is 2.23. The number of unbranched alkanes of at least 4 members (excludes halogenated alkanes) is 2. The Morgan fingerprint density at radius 2 is 1.07 bits per heavy atom. The number of aromatic nitrogens is 2. The molecule has 2 aromatic rings. The van der Waals surface area contributed by atoms with E-state index in [2.05, 4.69) is 61.9 Å². The second kappa shape index (κ2) is 14.3. The molecule has 30 heavy (non-hydrogen) atoms. The summed E-state index contributed by atoms with van der Waals surface area (Å²) in [5.74, 6) is 1.70. The fourth-order valence-electron chi connectivity index (χ4n) is 4.37. The summed E-state index contributed by atoms with van der Waals surface area (Å²) in [5, 5.41) is 0. The van der Waals surface area contributed by atoms with Crippen LogP contribution in [0.15, 0.2) is 36.7 Å². The van der Waals surface area contributed by atoms with E-state index in [0.717, 1.165) is 36.1 Å². The van der Waals surface area contributed by atoms with Crippen LogP contribution < -0.4 is 0 Å². The van der Waals surface area contributed by atoms with E-state index in [9.17, 15) is 0 Å². The second-order valence-electron chi connectivity index (χ2n) is 9.01. The molecule has 0 saturated heterocycles. The summed E-state index contributed by atoms with van der Waals surface area (Å²) in [5.41, 5.74) is 4.84. The van der Waals surface area contributed by atoms with E-state index in [0.29, 0.717) is 0 Å². The van der Waals surface area contributed by atoms with Crippen LogP contribution in [0.4, 0.5) is 0 Å². The molecule has 2 heterocycles. The Hall–Kier alpha value is -1.70. The van der Waals surface area contributed by atoms with Crippen LogP contribution in [0.1, 0.15) is 103 Å². The number of pyridine rings is 2. The quantitative estimate of drug-likeness (QED) is 0.295. The summed E-state index contributed by atoms with van der Waals surface area (Å²) in [6, 6.07) is 8.88. The lowest BCUT2D eigenvalue weighted by molar-refractivity contribution is 0.422. The monoisotopic (exact) mass is 408 g/mol. The molecule has 0 spiro atoms. The van der Waals surface area contributed by atoms with Crippen molar-refractivity contribution in [3.05, 3.63) is 47.8 Å². The standard InChI is InChI=1S/C28H44N2/c1-5-9-11-23(7-3)13-15-25-17-19-29-27(21-25)28-22-26(18-20-30-28)16-14-24(8-4)12-10-6-2/h17-24H,5-16H2,1-4H3. The summed E-state index contributed by atoms with van der Waals surface area (Å²) in [6.45, 7) is 9.24. The van der Waals surface area contributed by atoms with Gasteiger partial charge in [-0.1, -0.05) is 79.1 Å². The Morgan fingerprint density at radius 1 is 0.633 bits per heavy atom. The Labute approximate surface area is 185 Å². The van der Waals surface area contributed by atoms with Gasteiger partial charge in [0.25, 0.3) is 0 Å². The molecule has 0 saturated carbocycles. The summed E-state index contributed by atoms with van der Waals surface area (Å²) in [6.07, 6.45) is 19.4. The van der Waals surface area contributed by atoms with Gasteiger partial charge in [-0.15, -0.1) is 0 Å². The highest BCUT2D eigenvalue weighted by molar-refractivity contribution is 5.55. The SMILES string of the molecule is CCCCC(CC)CCc1ccnc(-c2cc(CCC(CC)CCCC)ccn2)c1. The lowest BCUT2D eigenvalue weighted by Gasteiger charge is -2.15. The Bertz CT molecular complexity index is 648. The van der Waals surface area contributed by atoms with Crippen molar-refractivity contribution in [2.75, 3.05) is 0 Å². The lowest BCUT2D eigenvalue weighted by Crippen LogP contribution is -2.02. The first-order valence-electron chi connectivity index (χ1n) is 12.6. The third-order valence-electron chi connectivity index (χ3n) is 6.68. The van der Waals surface area contributed by atoms with Crippen LogP contribution in [0.2, 0.25) is 0 Å². The maximum absolute atomic E-state index is 4.64. The van der Waals surface area contributed by atoms with Crippen LogP contribution in [0, 0.1) is 11.8 Å². The third-order valence-corrected chi connectivity index (χ3v) is 6.68. The van der Waals surface area contributed by atoms with Gasteiger partial charge in [0.15, 0.2) is 0 Å². The molecule has 0 aromatic carbocycles. The Balaban J connectivity index is 1.98. The van der Waals surface area contributed by atoms with Gasteiger partial charge in [0.05, 0.1) is 11.4 Å². The third kappa shape index (κ3) is 8.58. The van der Waals surface area contributed by atoms with Crippen LogP contribution in [-0.4, -0.2) is 9.97 Å². The lowest BCUT2D eigenvalue weighted by atomic mass is 9.92. The van der Waals surface area contributed by atoms with Crippen LogP contribution in [0.5, 0.6) is 0 Å². The maximum Gasteiger partial charge on any atom is 0.0888 e. The van der Waals surface area contributed by atoms with Gasteiger partial charge in [-0.05, 0) is 72.9 Å². The minimum atomic E-state index is 0.849. The normalized spacial score (nSPS) is 13.3. The number of aryl methyl sites for hydroxylation is 2. The number of hydrogen-bond acceptors (Lipinski definition) is 2. The number of nitrogens with zero attached hydrogens (tertiary/aromatic N) is 2. The van der Waals surface area contributed by atoms with Crippen molar-refractivity contribution in [1.82, 2.24) is 9.97 Å². The zero-order chi connectivity index (χ0) is 21.6. The minimum absolute atomic E-state index is 0.849. The first-order valence-corrected chi connectivity index (χ1v) is 12.6. The molecule has 2 heteroatoms. The molecule has 0 bridgehead atoms. The van der Waals surface area contributed by atoms with E-state index in [1.54, 1.807) is 0 Å². The van der Waals surface area contributed by atoms with Crippen molar-refractivity contribution in [3.8, 4) is 11.4 Å². The van der Waals surface area contributed by atoms with Gasteiger partial charge in [0.2, 0.25) is 0 Å². The molecule has 0 amide bonds. The molecule has 0 aliphatic rings. The number of hydrogen-bond donors (Lipinski definition) is 0. The fourth-order valence-corrected chi connectivity index (χ4v) is 4.37. The molecule has 0 fully saturated rings. The smallest absolute Gasteiger partial charge is 0.0888 e. The van der Waals surface area contributed by atoms with Crippen molar-refractivity contribution in [2.45, 2.75) is 105 Å². The summed E-state index contributed by atoms with van der Waals surface area (Å²) < 4.78 is 0. The van der Waals surface area contributed by atoms with Crippen molar-refractivity contribution in [2.24, 2.45) is 11.8 Å². The fraction of sp³-hybridized carbons (Fsp3) is 0.643. The van der Waals surface area contributed by atoms with Crippen LogP contribution in [0.25, 0.3) is 11.4 Å². The molecule has 2 aromatic heterocycles. The first-order chi connectivity index (χ1) is 14.7. The van der Waals surface area contributed by atoms with E-state index in [1.807, 2.05) is 12.4 Å². The van der Waals surface area contributed by atoms with E-state index in [1.165, 1.54) is 75.3 Å². The van der Waals surface area contributed by atoms with E-state index < -0.39 is 0 Å². The Morgan fingerprint density at radius 3 is 1.43 bits per heavy atom. The predicted octanol–water partition coefficient (Wildman–Crippen LogP) is 8.44. The average Bonchev–Trinajstić information content (AvgIpc) is 2.80. The van der Waals surface area contributed by atoms with Crippen LogP contribution in [-0.2, 0) is 12.8 Å². The molecule has 2 nitrogen and oxygen atoms in total. The summed E-state index contributed by atoms with van der Waals surface area (Å²) in [7, 11) is 0. The molecule has 2 unspecified atom stereocenters. The topological polar surface area (TPSA) is 25.8 Å². The molecular formula is C28H44N2. The van der Waals surface area contributed by atoms with Crippen LogP contribution >= 0.6 is 0 Å². The second-order valence-corrected chi connectivity index (χ2v) is 9.01. The van der Waals surface area contributed by atoms with Gasteiger partial charge in [0.1, 0.15) is 0 Å². The molecule has 2 atom stereocenters. The van der Waals surface area contributed by atoms with Crippen molar-refractivity contribution in [1.29, 1.82) is 0 Å². The number of rotatable bonds is 15. The maximum atomic E-state index is 4.64. The molecule has 2 rings (SSSR count). The van der Waals surface area contributed by atoms with Gasteiger partial charge >= 0.3 is 0 Å². The highest BCUT2D eigenvalue weighted by Gasteiger charge is 2.10. The molecule has 0 aliphatic carbocycles.